The first-order valence-corrected chi connectivity index (χ1v) is 4.64. The zero-order valence-electron chi connectivity index (χ0n) is 7.34. The fourth-order valence-corrected chi connectivity index (χ4v) is 2.41. The number of ketones is 1. The van der Waals surface area contributed by atoms with E-state index < -0.39 is 0 Å². The van der Waals surface area contributed by atoms with Gasteiger partial charge in [0.05, 0.1) is 6.10 Å². The zero-order chi connectivity index (χ0) is 8.72. The number of hydrogen-bond donors (Lipinski definition) is 1. The molecule has 0 bridgehead atoms. The van der Waals surface area contributed by atoms with E-state index in [0.29, 0.717) is 12.3 Å². The van der Waals surface area contributed by atoms with Gasteiger partial charge in [-0.25, -0.2) is 0 Å². The van der Waals surface area contributed by atoms with Crippen LogP contribution in [-0.2, 0) is 4.79 Å². The predicted octanol–water partition coefficient (Wildman–Crippen LogP) is 1.44. The number of aliphatic hydroxyl groups excluding tert-OH is 1. The van der Waals surface area contributed by atoms with E-state index in [1.165, 1.54) is 0 Å². The lowest BCUT2D eigenvalue weighted by Crippen LogP contribution is -2.18. The van der Waals surface area contributed by atoms with Gasteiger partial charge in [-0.1, -0.05) is 6.92 Å². The van der Waals surface area contributed by atoms with Crippen molar-refractivity contribution in [3.05, 3.63) is 11.1 Å². The summed E-state index contributed by atoms with van der Waals surface area (Å²) in [7, 11) is 0. The molecule has 0 aromatic heterocycles. The van der Waals surface area contributed by atoms with Gasteiger partial charge in [-0.05, 0) is 36.3 Å². The van der Waals surface area contributed by atoms with Gasteiger partial charge in [-0.2, -0.15) is 0 Å². The number of Topliss-reactive ketones (excluding diaryl/α,β-unsaturated/α-hetero) is 1. The molecule has 0 aromatic carbocycles. The Morgan fingerprint density at radius 2 is 2.25 bits per heavy atom. The maximum atomic E-state index is 11.4. The molecule has 0 saturated heterocycles. The summed E-state index contributed by atoms with van der Waals surface area (Å²) in [5.74, 6) is 0.569. The Morgan fingerprint density at radius 3 is 2.92 bits per heavy atom. The van der Waals surface area contributed by atoms with E-state index in [9.17, 15) is 9.90 Å². The molecule has 2 aliphatic carbocycles. The van der Waals surface area contributed by atoms with Crippen LogP contribution in [0.3, 0.4) is 0 Å². The fourth-order valence-electron chi connectivity index (χ4n) is 2.41. The molecule has 0 amide bonds. The summed E-state index contributed by atoms with van der Waals surface area (Å²) in [6.45, 7) is 2.04. The summed E-state index contributed by atoms with van der Waals surface area (Å²) in [5.41, 5.74) is 1.99. The molecule has 2 heteroatoms. The minimum atomic E-state index is -0.324. The third-order valence-corrected chi connectivity index (χ3v) is 2.97. The first-order valence-electron chi connectivity index (χ1n) is 4.64. The van der Waals surface area contributed by atoms with Crippen LogP contribution in [0, 0.1) is 5.92 Å². The van der Waals surface area contributed by atoms with Gasteiger partial charge in [0.15, 0.2) is 5.78 Å². The highest BCUT2D eigenvalue weighted by molar-refractivity contribution is 5.99. The van der Waals surface area contributed by atoms with Crippen LogP contribution in [0.25, 0.3) is 0 Å². The van der Waals surface area contributed by atoms with Gasteiger partial charge < -0.3 is 5.11 Å². The van der Waals surface area contributed by atoms with Crippen LogP contribution in [0.4, 0.5) is 0 Å². The minimum absolute atomic E-state index is 0.274. The minimum Gasteiger partial charge on any atom is -0.389 e. The lowest BCUT2D eigenvalue weighted by atomic mass is 9.88. The van der Waals surface area contributed by atoms with Crippen molar-refractivity contribution in [2.24, 2.45) is 5.92 Å². The second-order valence-corrected chi connectivity index (χ2v) is 3.87. The van der Waals surface area contributed by atoms with Crippen molar-refractivity contribution in [3.8, 4) is 0 Å². The molecular weight excluding hydrogens is 152 g/mol. The largest absolute Gasteiger partial charge is 0.389 e. The summed E-state index contributed by atoms with van der Waals surface area (Å²) in [6.07, 6.45) is 3.02. The Bertz CT molecular complexity index is 253. The fraction of sp³-hybridized carbons (Fsp3) is 0.700. The van der Waals surface area contributed by atoms with E-state index in [2.05, 4.69) is 0 Å². The van der Waals surface area contributed by atoms with Crippen LogP contribution in [0.1, 0.15) is 32.6 Å². The maximum Gasteiger partial charge on any atom is 0.159 e. The molecule has 2 aliphatic rings. The molecule has 1 N–H and O–H groups in total. The van der Waals surface area contributed by atoms with Crippen molar-refractivity contribution in [1.29, 1.82) is 0 Å². The van der Waals surface area contributed by atoms with Gasteiger partial charge >= 0.3 is 0 Å². The average molecular weight is 166 g/mol. The molecule has 2 rings (SSSR count). The molecule has 0 saturated carbocycles. The van der Waals surface area contributed by atoms with Gasteiger partial charge in [0.2, 0.25) is 0 Å². The van der Waals surface area contributed by atoms with Crippen molar-refractivity contribution in [2.75, 3.05) is 0 Å². The molecule has 66 valence electrons. The second-order valence-electron chi connectivity index (χ2n) is 3.87. The Balaban J connectivity index is 2.38. The number of rotatable bonds is 0. The lowest BCUT2D eigenvalue weighted by molar-refractivity contribution is -0.115. The second kappa shape index (κ2) is 2.70. The van der Waals surface area contributed by atoms with Crippen molar-refractivity contribution >= 4 is 5.78 Å². The van der Waals surface area contributed by atoms with E-state index in [1.54, 1.807) is 0 Å². The maximum absolute atomic E-state index is 11.4. The molecule has 0 aliphatic heterocycles. The van der Waals surface area contributed by atoms with Crippen LogP contribution in [-0.4, -0.2) is 17.0 Å². The van der Waals surface area contributed by atoms with E-state index in [-0.39, 0.29) is 11.9 Å². The van der Waals surface area contributed by atoms with Gasteiger partial charge in [0.25, 0.3) is 0 Å². The first kappa shape index (κ1) is 7.99. The van der Waals surface area contributed by atoms with Crippen molar-refractivity contribution in [1.82, 2.24) is 0 Å². The van der Waals surface area contributed by atoms with Crippen molar-refractivity contribution < 1.29 is 9.90 Å². The number of hydrogen-bond acceptors (Lipinski definition) is 2. The molecule has 0 aromatic rings. The van der Waals surface area contributed by atoms with Crippen molar-refractivity contribution in [3.63, 3.8) is 0 Å². The average Bonchev–Trinajstić information content (AvgIpc) is 2.29. The third kappa shape index (κ3) is 1.02. The number of carbonyl (C=O) groups excluding carboxylic acids is 1. The summed E-state index contributed by atoms with van der Waals surface area (Å²) >= 11 is 0. The van der Waals surface area contributed by atoms with Gasteiger partial charge in [-0.15, -0.1) is 0 Å². The number of aliphatic hydroxyl groups is 1. The van der Waals surface area contributed by atoms with E-state index in [1.807, 2.05) is 6.92 Å². The first-order chi connectivity index (χ1) is 5.70. The highest BCUT2D eigenvalue weighted by atomic mass is 16.3. The van der Waals surface area contributed by atoms with Crippen LogP contribution in [0.2, 0.25) is 0 Å². The van der Waals surface area contributed by atoms with Crippen LogP contribution in [0.15, 0.2) is 11.1 Å². The Morgan fingerprint density at radius 1 is 1.50 bits per heavy atom. The van der Waals surface area contributed by atoms with Crippen LogP contribution >= 0.6 is 0 Å². The Hall–Kier alpha value is -0.630. The molecule has 2 nitrogen and oxygen atoms in total. The topological polar surface area (TPSA) is 37.3 Å². The molecule has 0 spiro atoms. The summed E-state index contributed by atoms with van der Waals surface area (Å²) in [5, 5.41) is 9.66. The Kier molecular flexibility index (Phi) is 1.80. The molecule has 0 heterocycles. The van der Waals surface area contributed by atoms with Crippen molar-refractivity contribution in [2.45, 2.75) is 38.7 Å². The standard InChI is InChI=1S/C10H14O2/c1-6-5-9(12)7-3-2-4-8(11)10(6)7/h6,8,11H,2-5H2,1H3. The highest BCUT2D eigenvalue weighted by Crippen LogP contribution is 2.38. The van der Waals surface area contributed by atoms with Gasteiger partial charge in [0.1, 0.15) is 0 Å². The molecule has 2 unspecified atom stereocenters. The molecule has 2 atom stereocenters. The molecule has 0 fully saturated rings. The molecule has 12 heavy (non-hydrogen) atoms. The monoisotopic (exact) mass is 166 g/mol. The molecular formula is C10H14O2. The van der Waals surface area contributed by atoms with E-state index in [4.69, 9.17) is 0 Å². The lowest BCUT2D eigenvalue weighted by Gasteiger charge is -2.21. The van der Waals surface area contributed by atoms with E-state index >= 15 is 0 Å². The summed E-state index contributed by atoms with van der Waals surface area (Å²) in [4.78, 5) is 11.4. The number of carbonyl (C=O) groups is 1. The smallest absolute Gasteiger partial charge is 0.159 e. The Labute approximate surface area is 72.3 Å². The highest BCUT2D eigenvalue weighted by Gasteiger charge is 2.34. The summed E-state index contributed by atoms with van der Waals surface area (Å²) < 4.78 is 0. The van der Waals surface area contributed by atoms with Gasteiger partial charge in [-0.3, -0.25) is 4.79 Å². The summed E-state index contributed by atoms with van der Waals surface area (Å²) in [6, 6.07) is 0. The normalized spacial score (nSPS) is 35.7. The zero-order valence-corrected chi connectivity index (χ0v) is 7.34. The quantitative estimate of drug-likeness (QED) is 0.591. The van der Waals surface area contributed by atoms with Gasteiger partial charge in [0, 0.05) is 6.42 Å². The SMILES string of the molecule is CC1CC(=O)C2=C1C(O)CCC2. The van der Waals surface area contributed by atoms with Crippen LogP contribution in [0.5, 0.6) is 0 Å². The predicted molar refractivity (Wildman–Crippen MR) is 45.7 cm³/mol. The van der Waals surface area contributed by atoms with E-state index in [0.717, 1.165) is 30.4 Å². The third-order valence-electron chi connectivity index (χ3n) is 2.97. The molecule has 0 radical (unpaired) electrons. The number of allylic oxidation sites excluding steroid dienone is 1. The van der Waals surface area contributed by atoms with Crippen LogP contribution < -0.4 is 0 Å².